The van der Waals surface area contributed by atoms with Gasteiger partial charge in [0.2, 0.25) is 0 Å². The highest BCUT2D eigenvalue weighted by molar-refractivity contribution is 7.98. The van der Waals surface area contributed by atoms with Crippen molar-refractivity contribution in [3.63, 3.8) is 0 Å². The highest BCUT2D eigenvalue weighted by atomic mass is 32.2. The van der Waals surface area contributed by atoms with Gasteiger partial charge < -0.3 is 5.32 Å². The van der Waals surface area contributed by atoms with Crippen LogP contribution in [0.2, 0.25) is 0 Å². The predicted molar refractivity (Wildman–Crippen MR) is 71.6 cm³/mol. The fourth-order valence-electron chi connectivity index (χ4n) is 3.36. The van der Waals surface area contributed by atoms with E-state index in [4.69, 9.17) is 0 Å². The third-order valence-electron chi connectivity index (χ3n) is 3.29. The van der Waals surface area contributed by atoms with Crippen molar-refractivity contribution in [3.8, 4) is 0 Å². The number of hydrogen-bond donors (Lipinski definition) is 1. The second kappa shape index (κ2) is 5.09. The molecule has 15 heavy (non-hydrogen) atoms. The van der Waals surface area contributed by atoms with Crippen molar-refractivity contribution in [1.29, 1.82) is 0 Å². The summed E-state index contributed by atoms with van der Waals surface area (Å²) in [5, 5.41) is 3.71. The lowest BCUT2D eigenvalue weighted by atomic mass is 9.63. The average molecular weight is 229 g/mol. The quantitative estimate of drug-likeness (QED) is 0.740. The van der Waals surface area contributed by atoms with E-state index >= 15 is 0 Å². The third-order valence-corrected chi connectivity index (χ3v) is 3.91. The summed E-state index contributed by atoms with van der Waals surface area (Å²) in [4.78, 5) is 0. The molecule has 0 aromatic carbocycles. The maximum absolute atomic E-state index is 3.71. The fraction of sp³-hybridized carbons (Fsp3) is 1.00. The van der Waals surface area contributed by atoms with Crippen molar-refractivity contribution in [3.05, 3.63) is 0 Å². The van der Waals surface area contributed by atoms with Gasteiger partial charge in [-0.2, -0.15) is 11.8 Å². The van der Waals surface area contributed by atoms with E-state index in [1.54, 1.807) is 0 Å². The first-order valence-corrected chi connectivity index (χ1v) is 7.46. The Morgan fingerprint density at radius 1 is 1.13 bits per heavy atom. The van der Waals surface area contributed by atoms with Crippen molar-refractivity contribution in [1.82, 2.24) is 5.32 Å². The molecule has 1 N–H and O–H groups in total. The molecule has 2 heteroatoms. The van der Waals surface area contributed by atoms with Gasteiger partial charge >= 0.3 is 0 Å². The number of thioether (sulfide) groups is 1. The van der Waals surface area contributed by atoms with Crippen molar-refractivity contribution < 1.29 is 0 Å². The number of hydrogen-bond acceptors (Lipinski definition) is 2. The van der Waals surface area contributed by atoms with E-state index in [1.165, 1.54) is 25.0 Å². The van der Waals surface area contributed by atoms with Gasteiger partial charge in [0.15, 0.2) is 0 Å². The van der Waals surface area contributed by atoms with E-state index < -0.39 is 0 Å². The topological polar surface area (TPSA) is 12.0 Å². The average Bonchev–Trinajstić information content (AvgIpc) is 1.98. The number of nitrogens with one attached hydrogen (secondary N) is 1. The molecule has 1 aliphatic carbocycles. The summed E-state index contributed by atoms with van der Waals surface area (Å²) in [6, 6.07) is 0.732. The zero-order chi connectivity index (χ0) is 11.5. The predicted octanol–water partition coefficient (Wildman–Crippen LogP) is 3.54. The lowest BCUT2D eigenvalue weighted by molar-refractivity contribution is 0.0860. The van der Waals surface area contributed by atoms with Crippen molar-refractivity contribution >= 4 is 11.8 Å². The summed E-state index contributed by atoms with van der Waals surface area (Å²) in [5.41, 5.74) is 1.03. The Morgan fingerprint density at radius 2 is 1.67 bits per heavy atom. The zero-order valence-electron chi connectivity index (χ0n) is 11.0. The van der Waals surface area contributed by atoms with Gasteiger partial charge in [-0.1, -0.05) is 27.7 Å². The van der Waals surface area contributed by atoms with Gasteiger partial charge in [-0.3, -0.25) is 0 Å². The van der Waals surface area contributed by atoms with Crippen LogP contribution < -0.4 is 5.32 Å². The fourth-order valence-corrected chi connectivity index (χ4v) is 3.68. The van der Waals surface area contributed by atoms with Gasteiger partial charge in [-0.05, 0) is 36.3 Å². The molecule has 0 saturated heterocycles. The van der Waals surface area contributed by atoms with Gasteiger partial charge in [-0.15, -0.1) is 0 Å². The Hall–Kier alpha value is 0.310. The summed E-state index contributed by atoms with van der Waals surface area (Å²) in [5.74, 6) is 1.23. The van der Waals surface area contributed by atoms with Gasteiger partial charge in [0.25, 0.3) is 0 Å². The molecule has 0 aliphatic heterocycles. The van der Waals surface area contributed by atoms with Crippen LogP contribution in [0.15, 0.2) is 0 Å². The Balaban J connectivity index is 2.44. The maximum Gasteiger partial charge on any atom is 0.00775 e. The maximum atomic E-state index is 3.71. The molecular formula is C13H27NS. The summed E-state index contributed by atoms with van der Waals surface area (Å²) in [6.45, 7) is 10.8. The molecule has 1 aliphatic rings. The summed E-state index contributed by atoms with van der Waals surface area (Å²) < 4.78 is 0. The van der Waals surface area contributed by atoms with Crippen LogP contribution in [0.5, 0.6) is 0 Å². The van der Waals surface area contributed by atoms with Crippen LogP contribution >= 0.6 is 11.8 Å². The number of rotatable bonds is 4. The Morgan fingerprint density at radius 3 is 2.13 bits per heavy atom. The van der Waals surface area contributed by atoms with Crippen LogP contribution in [0, 0.1) is 10.8 Å². The molecule has 0 amide bonds. The molecule has 1 saturated carbocycles. The smallest absolute Gasteiger partial charge is 0.00775 e. The van der Waals surface area contributed by atoms with Crippen LogP contribution in [-0.2, 0) is 0 Å². The van der Waals surface area contributed by atoms with Crippen molar-refractivity contribution in [2.75, 3.05) is 18.6 Å². The zero-order valence-corrected chi connectivity index (χ0v) is 11.8. The van der Waals surface area contributed by atoms with Crippen LogP contribution in [0.3, 0.4) is 0 Å². The molecule has 1 fully saturated rings. The Bertz CT molecular complexity index is 183. The van der Waals surface area contributed by atoms with Crippen molar-refractivity contribution in [2.45, 2.75) is 53.0 Å². The largest absolute Gasteiger partial charge is 0.313 e. The van der Waals surface area contributed by atoms with E-state index in [2.05, 4.69) is 39.3 Å². The van der Waals surface area contributed by atoms with E-state index in [-0.39, 0.29) is 0 Å². The minimum atomic E-state index is 0.513. The highest BCUT2D eigenvalue weighted by Crippen LogP contribution is 2.45. The summed E-state index contributed by atoms with van der Waals surface area (Å²) in [6.07, 6.45) is 6.22. The third kappa shape index (κ3) is 4.78. The SMILES string of the molecule is CSCCNC1CC(C)(C)CC(C)(C)C1. The Labute approximate surface area is 99.8 Å². The molecule has 0 aromatic heterocycles. The molecule has 0 bridgehead atoms. The van der Waals surface area contributed by atoms with E-state index in [0.29, 0.717) is 10.8 Å². The van der Waals surface area contributed by atoms with E-state index in [0.717, 1.165) is 12.6 Å². The molecule has 0 atom stereocenters. The van der Waals surface area contributed by atoms with Crippen LogP contribution in [0.1, 0.15) is 47.0 Å². The Kier molecular flexibility index (Phi) is 4.54. The van der Waals surface area contributed by atoms with Gasteiger partial charge in [0.05, 0.1) is 0 Å². The monoisotopic (exact) mass is 229 g/mol. The molecule has 1 rings (SSSR count). The first-order chi connectivity index (χ1) is 6.85. The molecule has 90 valence electrons. The second-order valence-corrected chi connectivity index (χ2v) is 7.54. The van der Waals surface area contributed by atoms with Crippen molar-refractivity contribution in [2.24, 2.45) is 10.8 Å². The minimum absolute atomic E-state index is 0.513. The van der Waals surface area contributed by atoms with E-state index in [1.807, 2.05) is 11.8 Å². The second-order valence-electron chi connectivity index (χ2n) is 6.56. The lowest BCUT2D eigenvalue weighted by Crippen LogP contribution is -2.44. The molecule has 0 spiro atoms. The normalized spacial score (nSPS) is 25.4. The van der Waals surface area contributed by atoms with Gasteiger partial charge in [0.1, 0.15) is 0 Å². The molecule has 0 heterocycles. The van der Waals surface area contributed by atoms with Gasteiger partial charge in [0, 0.05) is 18.3 Å². The molecular weight excluding hydrogens is 202 g/mol. The highest BCUT2D eigenvalue weighted by Gasteiger charge is 2.37. The minimum Gasteiger partial charge on any atom is -0.313 e. The van der Waals surface area contributed by atoms with Crippen LogP contribution in [0.4, 0.5) is 0 Å². The summed E-state index contributed by atoms with van der Waals surface area (Å²) in [7, 11) is 0. The first kappa shape index (κ1) is 13.4. The van der Waals surface area contributed by atoms with Crippen LogP contribution in [0.25, 0.3) is 0 Å². The van der Waals surface area contributed by atoms with Crippen LogP contribution in [-0.4, -0.2) is 24.6 Å². The molecule has 0 radical (unpaired) electrons. The van der Waals surface area contributed by atoms with E-state index in [9.17, 15) is 0 Å². The first-order valence-electron chi connectivity index (χ1n) is 6.07. The molecule has 0 aromatic rings. The van der Waals surface area contributed by atoms with Gasteiger partial charge in [-0.25, -0.2) is 0 Å². The lowest BCUT2D eigenvalue weighted by Gasteiger charge is -2.45. The molecule has 0 unspecified atom stereocenters. The standard InChI is InChI=1S/C13H27NS/c1-12(2)8-11(14-6-7-15-5)9-13(3,4)10-12/h11,14H,6-10H2,1-5H3. The summed E-state index contributed by atoms with van der Waals surface area (Å²) >= 11 is 1.93. The molecule has 1 nitrogen and oxygen atoms in total.